The minimum absolute atomic E-state index is 0.00263. The molecule has 0 bridgehead atoms. The maximum absolute atomic E-state index is 12.8. The highest BCUT2D eigenvalue weighted by Gasteiger charge is 2.32. The Balaban J connectivity index is 1.33. The van der Waals surface area contributed by atoms with Crippen molar-refractivity contribution < 1.29 is 19.1 Å². The summed E-state index contributed by atoms with van der Waals surface area (Å²) in [5.41, 5.74) is 2.62. The summed E-state index contributed by atoms with van der Waals surface area (Å²) in [6, 6.07) is 13.5. The molecule has 29 heavy (non-hydrogen) atoms. The van der Waals surface area contributed by atoms with Gasteiger partial charge < -0.3 is 14.4 Å². The van der Waals surface area contributed by atoms with Crippen LogP contribution in [-0.2, 0) is 16.6 Å². The number of rotatable bonds is 4. The summed E-state index contributed by atoms with van der Waals surface area (Å²) >= 11 is 0. The van der Waals surface area contributed by atoms with Crippen LogP contribution in [0.4, 0.5) is 0 Å². The number of ketones is 1. The van der Waals surface area contributed by atoms with Crippen LogP contribution >= 0.6 is 0 Å². The van der Waals surface area contributed by atoms with Gasteiger partial charge in [0.25, 0.3) is 5.91 Å². The first-order valence-corrected chi connectivity index (χ1v) is 10.1. The lowest BCUT2D eigenvalue weighted by atomic mass is 9.86. The third-order valence-electron chi connectivity index (χ3n) is 5.50. The fourth-order valence-corrected chi connectivity index (χ4v) is 3.86. The second-order valence-electron chi connectivity index (χ2n) is 8.96. The number of para-hydroxylation sites is 1. The molecule has 1 saturated heterocycles. The van der Waals surface area contributed by atoms with Crippen molar-refractivity contribution in [1.82, 2.24) is 4.90 Å². The Morgan fingerprint density at radius 2 is 1.93 bits per heavy atom. The van der Waals surface area contributed by atoms with Gasteiger partial charge in [-0.15, -0.1) is 0 Å². The maximum Gasteiger partial charge on any atom is 0.253 e. The van der Waals surface area contributed by atoms with E-state index in [0.29, 0.717) is 43.3 Å². The maximum atomic E-state index is 12.8. The minimum atomic E-state index is -0.00263. The summed E-state index contributed by atoms with van der Waals surface area (Å²) in [5.74, 6) is 1.99. The Morgan fingerprint density at radius 1 is 1.17 bits per heavy atom. The molecule has 2 heterocycles. The van der Waals surface area contributed by atoms with Gasteiger partial charge in [-0.05, 0) is 35.2 Å². The topological polar surface area (TPSA) is 55.8 Å². The fraction of sp³-hybridized carbons (Fsp3) is 0.417. The predicted octanol–water partition coefficient (Wildman–Crippen LogP) is 3.64. The van der Waals surface area contributed by atoms with Crippen molar-refractivity contribution in [3.8, 4) is 11.5 Å². The van der Waals surface area contributed by atoms with Crippen LogP contribution in [0.15, 0.2) is 42.5 Å². The summed E-state index contributed by atoms with van der Waals surface area (Å²) in [7, 11) is 0. The monoisotopic (exact) mass is 393 g/mol. The first-order valence-electron chi connectivity index (χ1n) is 10.1. The van der Waals surface area contributed by atoms with Crippen LogP contribution in [0, 0.1) is 5.92 Å². The van der Waals surface area contributed by atoms with Crippen LogP contribution in [0.25, 0.3) is 0 Å². The highest BCUT2D eigenvalue weighted by atomic mass is 16.5. The van der Waals surface area contributed by atoms with Crippen molar-refractivity contribution in [3.63, 3.8) is 0 Å². The van der Waals surface area contributed by atoms with Gasteiger partial charge in [-0.2, -0.15) is 0 Å². The number of fused-ring (bicyclic) bond motifs is 1. The average molecular weight is 393 g/mol. The third kappa shape index (κ3) is 4.14. The van der Waals surface area contributed by atoms with E-state index in [-0.39, 0.29) is 23.7 Å². The van der Waals surface area contributed by atoms with Crippen molar-refractivity contribution in [3.05, 3.63) is 59.2 Å². The lowest BCUT2D eigenvalue weighted by molar-refractivity contribution is -0.121. The molecule has 5 nitrogen and oxygen atoms in total. The Kier molecular flexibility index (Phi) is 5.07. The predicted molar refractivity (Wildman–Crippen MR) is 111 cm³/mol. The Labute approximate surface area is 171 Å². The molecule has 152 valence electrons. The van der Waals surface area contributed by atoms with E-state index < -0.39 is 0 Å². The summed E-state index contributed by atoms with van der Waals surface area (Å²) in [5, 5.41) is 0. The van der Waals surface area contributed by atoms with E-state index in [1.807, 2.05) is 23.1 Å². The molecule has 0 atom stereocenters. The smallest absolute Gasteiger partial charge is 0.253 e. The zero-order chi connectivity index (χ0) is 20.6. The van der Waals surface area contributed by atoms with Gasteiger partial charge in [0.2, 0.25) is 0 Å². The summed E-state index contributed by atoms with van der Waals surface area (Å²) in [6.07, 6.45) is 0.333. The third-order valence-corrected chi connectivity index (χ3v) is 5.50. The van der Waals surface area contributed by atoms with Crippen molar-refractivity contribution >= 4 is 11.7 Å². The van der Waals surface area contributed by atoms with Gasteiger partial charge >= 0.3 is 0 Å². The molecule has 2 aromatic carbocycles. The van der Waals surface area contributed by atoms with Crippen LogP contribution in [0.3, 0.4) is 0 Å². The zero-order valence-electron chi connectivity index (χ0n) is 17.2. The van der Waals surface area contributed by atoms with Crippen LogP contribution in [0.2, 0.25) is 0 Å². The van der Waals surface area contributed by atoms with Gasteiger partial charge in [0.1, 0.15) is 18.1 Å². The van der Waals surface area contributed by atoms with Crippen molar-refractivity contribution in [1.29, 1.82) is 0 Å². The molecule has 2 aromatic rings. The largest absolute Gasteiger partial charge is 0.493 e. The first-order chi connectivity index (χ1) is 13.8. The van der Waals surface area contributed by atoms with E-state index in [4.69, 9.17) is 9.47 Å². The molecular weight excluding hydrogens is 366 g/mol. The number of ether oxygens (including phenoxy) is 2. The number of amides is 1. The lowest BCUT2D eigenvalue weighted by Crippen LogP contribution is -2.52. The Hall–Kier alpha value is -2.82. The molecule has 0 unspecified atom stereocenters. The number of hydrogen-bond donors (Lipinski definition) is 0. The molecule has 4 rings (SSSR count). The van der Waals surface area contributed by atoms with Gasteiger partial charge in [-0.1, -0.05) is 39.0 Å². The highest BCUT2D eigenvalue weighted by molar-refractivity contribution is 5.96. The number of likely N-dealkylation sites (tertiary alicyclic amines) is 1. The van der Waals surface area contributed by atoms with Gasteiger partial charge in [-0.25, -0.2) is 0 Å². The van der Waals surface area contributed by atoms with Gasteiger partial charge in [0.15, 0.2) is 5.78 Å². The number of carbonyl (C=O) groups is 2. The fourth-order valence-electron chi connectivity index (χ4n) is 3.86. The van der Waals surface area contributed by atoms with E-state index in [9.17, 15) is 9.59 Å². The standard InChI is InChI=1S/C24H27NO4/c1-24(2,3)20-6-4-5-7-22(20)28-14-16-12-25(13-16)23(27)17-8-9-21-18(10-17)11-19(26)15-29-21/h4-10,16H,11-15H2,1-3H3. The molecular formula is C24H27NO4. The van der Waals surface area contributed by atoms with Gasteiger partial charge in [0, 0.05) is 36.6 Å². The molecule has 0 aromatic heterocycles. The molecule has 0 radical (unpaired) electrons. The Bertz CT molecular complexity index is 938. The summed E-state index contributed by atoms with van der Waals surface area (Å²) in [4.78, 5) is 26.2. The molecule has 1 amide bonds. The van der Waals surface area contributed by atoms with Crippen LogP contribution in [0.5, 0.6) is 11.5 Å². The molecule has 2 aliphatic rings. The van der Waals surface area contributed by atoms with Gasteiger partial charge in [-0.3, -0.25) is 9.59 Å². The summed E-state index contributed by atoms with van der Waals surface area (Å²) < 4.78 is 11.5. The molecule has 0 N–H and O–H groups in total. The quantitative estimate of drug-likeness (QED) is 0.796. The molecule has 0 saturated carbocycles. The van der Waals surface area contributed by atoms with Crippen LogP contribution in [0.1, 0.15) is 42.3 Å². The average Bonchev–Trinajstić information content (AvgIpc) is 2.65. The van der Waals surface area contributed by atoms with E-state index in [2.05, 4.69) is 26.8 Å². The van der Waals surface area contributed by atoms with Crippen LogP contribution < -0.4 is 9.47 Å². The van der Waals surface area contributed by atoms with E-state index in [1.54, 1.807) is 18.2 Å². The normalized spacial score (nSPS) is 16.7. The second-order valence-corrected chi connectivity index (χ2v) is 8.96. The second kappa shape index (κ2) is 7.54. The van der Waals surface area contributed by atoms with E-state index in [1.165, 1.54) is 5.56 Å². The lowest BCUT2D eigenvalue weighted by Gasteiger charge is -2.39. The minimum Gasteiger partial charge on any atom is -0.493 e. The van der Waals surface area contributed by atoms with E-state index >= 15 is 0 Å². The summed E-state index contributed by atoms with van der Waals surface area (Å²) in [6.45, 7) is 8.62. The highest BCUT2D eigenvalue weighted by Crippen LogP contribution is 2.32. The van der Waals surface area contributed by atoms with Crippen molar-refractivity contribution in [2.45, 2.75) is 32.6 Å². The van der Waals surface area contributed by atoms with Crippen LogP contribution in [-0.4, -0.2) is 42.9 Å². The number of nitrogens with zero attached hydrogens (tertiary/aromatic N) is 1. The number of benzene rings is 2. The SMILES string of the molecule is CC(C)(C)c1ccccc1OCC1CN(C(=O)c2ccc3c(c2)CC(=O)CO3)C1. The van der Waals surface area contributed by atoms with Gasteiger partial charge in [0.05, 0.1) is 6.61 Å². The van der Waals surface area contributed by atoms with Crippen molar-refractivity contribution in [2.75, 3.05) is 26.3 Å². The number of hydrogen-bond acceptors (Lipinski definition) is 4. The van der Waals surface area contributed by atoms with E-state index in [0.717, 1.165) is 11.3 Å². The molecule has 0 aliphatic carbocycles. The molecule has 0 spiro atoms. The zero-order valence-corrected chi connectivity index (χ0v) is 17.2. The Morgan fingerprint density at radius 3 is 2.69 bits per heavy atom. The molecule has 5 heteroatoms. The number of carbonyl (C=O) groups excluding carboxylic acids is 2. The first kappa shape index (κ1) is 19.5. The number of Topliss-reactive ketones (excluding diaryl/α,β-unsaturated/α-hetero) is 1. The molecule has 2 aliphatic heterocycles. The van der Waals surface area contributed by atoms with Crippen molar-refractivity contribution in [2.24, 2.45) is 5.92 Å². The molecule has 1 fully saturated rings.